The van der Waals surface area contributed by atoms with Gasteiger partial charge in [0.15, 0.2) is 5.78 Å². The Kier molecular flexibility index (Phi) is 6.03. The molecule has 0 saturated carbocycles. The predicted molar refractivity (Wildman–Crippen MR) is 79.2 cm³/mol. The van der Waals surface area contributed by atoms with Crippen LogP contribution < -0.4 is 4.72 Å². The molecule has 1 N–H and O–H groups in total. The quantitative estimate of drug-likeness (QED) is 0.785. The van der Waals surface area contributed by atoms with Crippen LogP contribution in [0.1, 0.15) is 31.1 Å². The second-order valence-corrected chi connectivity index (χ2v) is 7.30. The lowest BCUT2D eigenvalue weighted by Crippen LogP contribution is -2.34. The lowest BCUT2D eigenvalue weighted by atomic mass is 10.2. The highest BCUT2D eigenvalue weighted by Gasteiger charge is 2.17. The SMILES string of the molecule is CCSCC(C)NS(=O)(=O)c1ccc(C(C)=O)cc1. The number of thioether (sulfide) groups is 1. The first-order valence-corrected chi connectivity index (χ1v) is 8.71. The molecule has 6 heteroatoms. The Morgan fingerprint density at radius 1 is 1.32 bits per heavy atom. The minimum Gasteiger partial charge on any atom is -0.295 e. The van der Waals surface area contributed by atoms with Gasteiger partial charge in [-0.25, -0.2) is 13.1 Å². The first-order chi connectivity index (χ1) is 8.86. The molecule has 0 aromatic heterocycles. The molecule has 0 radical (unpaired) electrons. The van der Waals surface area contributed by atoms with E-state index >= 15 is 0 Å². The minimum absolute atomic E-state index is 0.0791. The van der Waals surface area contributed by atoms with Crippen molar-refractivity contribution in [3.05, 3.63) is 29.8 Å². The van der Waals surface area contributed by atoms with Crippen molar-refractivity contribution in [3.8, 4) is 0 Å². The zero-order valence-corrected chi connectivity index (χ0v) is 13.0. The maximum Gasteiger partial charge on any atom is 0.240 e. The Morgan fingerprint density at radius 3 is 2.37 bits per heavy atom. The van der Waals surface area contributed by atoms with Gasteiger partial charge in [0.25, 0.3) is 0 Å². The third-order valence-electron chi connectivity index (χ3n) is 2.50. The van der Waals surface area contributed by atoms with Crippen molar-refractivity contribution < 1.29 is 13.2 Å². The lowest BCUT2D eigenvalue weighted by molar-refractivity contribution is 0.101. The van der Waals surface area contributed by atoms with Crippen molar-refractivity contribution in [1.82, 2.24) is 4.72 Å². The number of ketones is 1. The van der Waals surface area contributed by atoms with Crippen LogP contribution in [0.4, 0.5) is 0 Å². The van der Waals surface area contributed by atoms with E-state index in [9.17, 15) is 13.2 Å². The highest BCUT2D eigenvalue weighted by atomic mass is 32.2. The molecule has 0 aliphatic carbocycles. The summed E-state index contributed by atoms with van der Waals surface area (Å²) in [6, 6.07) is 5.85. The van der Waals surface area contributed by atoms with Gasteiger partial charge in [-0.05, 0) is 31.7 Å². The standard InChI is InChI=1S/C13H19NO3S2/c1-4-18-9-10(2)14-19(16,17)13-7-5-12(6-8-13)11(3)15/h5-8,10,14H,4,9H2,1-3H3. The van der Waals surface area contributed by atoms with Gasteiger partial charge in [0.1, 0.15) is 0 Å². The summed E-state index contributed by atoms with van der Waals surface area (Å²) in [5, 5.41) is 0. The van der Waals surface area contributed by atoms with E-state index < -0.39 is 10.0 Å². The number of sulfonamides is 1. The first-order valence-electron chi connectivity index (χ1n) is 6.08. The average molecular weight is 301 g/mol. The van der Waals surface area contributed by atoms with E-state index in [1.165, 1.54) is 31.2 Å². The fraction of sp³-hybridized carbons (Fsp3) is 0.462. The monoisotopic (exact) mass is 301 g/mol. The number of rotatable bonds is 7. The number of hydrogen-bond acceptors (Lipinski definition) is 4. The number of hydrogen-bond donors (Lipinski definition) is 1. The summed E-state index contributed by atoms with van der Waals surface area (Å²) in [6.07, 6.45) is 0. The van der Waals surface area contributed by atoms with E-state index in [0.717, 1.165) is 11.5 Å². The van der Waals surface area contributed by atoms with E-state index in [2.05, 4.69) is 4.72 Å². The molecule has 1 unspecified atom stereocenters. The molecule has 0 saturated heterocycles. The highest BCUT2D eigenvalue weighted by Crippen LogP contribution is 2.12. The zero-order valence-electron chi connectivity index (χ0n) is 11.3. The summed E-state index contributed by atoms with van der Waals surface area (Å²) in [5.41, 5.74) is 0.508. The van der Waals surface area contributed by atoms with E-state index in [0.29, 0.717) is 5.56 Å². The number of nitrogens with one attached hydrogen (secondary N) is 1. The molecule has 1 aromatic carbocycles. The summed E-state index contributed by atoms with van der Waals surface area (Å²) in [6.45, 7) is 5.32. The smallest absolute Gasteiger partial charge is 0.240 e. The van der Waals surface area contributed by atoms with Crippen LogP contribution in [-0.2, 0) is 10.0 Å². The lowest BCUT2D eigenvalue weighted by Gasteiger charge is -2.13. The zero-order chi connectivity index (χ0) is 14.5. The van der Waals surface area contributed by atoms with Crippen LogP contribution in [0.15, 0.2) is 29.2 Å². The maximum absolute atomic E-state index is 12.1. The molecule has 1 rings (SSSR count). The van der Waals surface area contributed by atoms with E-state index in [-0.39, 0.29) is 16.7 Å². The van der Waals surface area contributed by atoms with Gasteiger partial charge in [-0.15, -0.1) is 0 Å². The molecule has 19 heavy (non-hydrogen) atoms. The Labute approximate surface area is 119 Å². The van der Waals surface area contributed by atoms with Crippen LogP contribution in [-0.4, -0.2) is 31.7 Å². The van der Waals surface area contributed by atoms with Crippen LogP contribution in [0.5, 0.6) is 0 Å². The second kappa shape index (κ2) is 7.07. The van der Waals surface area contributed by atoms with Crippen molar-refractivity contribution in [1.29, 1.82) is 0 Å². The van der Waals surface area contributed by atoms with Crippen molar-refractivity contribution in [2.24, 2.45) is 0 Å². The topological polar surface area (TPSA) is 63.2 Å². The van der Waals surface area contributed by atoms with Crippen LogP contribution >= 0.6 is 11.8 Å². The summed E-state index contributed by atoms with van der Waals surface area (Å²) >= 11 is 1.69. The van der Waals surface area contributed by atoms with E-state index in [1.807, 2.05) is 13.8 Å². The largest absolute Gasteiger partial charge is 0.295 e. The van der Waals surface area contributed by atoms with Crippen molar-refractivity contribution in [2.75, 3.05) is 11.5 Å². The van der Waals surface area contributed by atoms with Crippen LogP contribution in [0.25, 0.3) is 0 Å². The summed E-state index contributed by atoms with van der Waals surface area (Å²) in [7, 11) is -3.51. The van der Waals surface area contributed by atoms with Gasteiger partial charge in [-0.3, -0.25) is 4.79 Å². The third kappa shape index (κ3) is 4.97. The third-order valence-corrected chi connectivity index (χ3v) is 5.25. The number of carbonyl (C=O) groups is 1. The van der Waals surface area contributed by atoms with Crippen molar-refractivity contribution in [2.45, 2.75) is 31.7 Å². The molecule has 1 aromatic rings. The molecule has 0 aliphatic rings. The Bertz CT molecular complexity index is 523. The second-order valence-electron chi connectivity index (χ2n) is 4.26. The van der Waals surface area contributed by atoms with E-state index in [1.54, 1.807) is 11.8 Å². The molecule has 106 valence electrons. The molecular formula is C13H19NO3S2. The minimum atomic E-state index is -3.51. The normalized spacial score (nSPS) is 13.2. The summed E-state index contributed by atoms with van der Waals surface area (Å²) < 4.78 is 26.8. The van der Waals surface area contributed by atoms with Gasteiger partial charge in [0, 0.05) is 17.4 Å². The Morgan fingerprint density at radius 2 is 1.89 bits per heavy atom. The van der Waals surface area contributed by atoms with Crippen LogP contribution in [0.3, 0.4) is 0 Å². The number of Topliss-reactive ketones (excluding diaryl/α,β-unsaturated/α-hetero) is 1. The van der Waals surface area contributed by atoms with Gasteiger partial charge in [-0.1, -0.05) is 19.1 Å². The molecule has 0 heterocycles. The molecule has 0 fully saturated rings. The summed E-state index contributed by atoms with van der Waals surface area (Å²) in [4.78, 5) is 11.3. The van der Waals surface area contributed by atoms with Gasteiger partial charge >= 0.3 is 0 Å². The fourth-order valence-electron chi connectivity index (χ4n) is 1.53. The van der Waals surface area contributed by atoms with Crippen molar-refractivity contribution in [3.63, 3.8) is 0 Å². The van der Waals surface area contributed by atoms with Gasteiger partial charge in [0.05, 0.1) is 4.90 Å². The molecular weight excluding hydrogens is 282 g/mol. The summed E-state index contributed by atoms with van der Waals surface area (Å²) in [5.74, 6) is 1.62. The molecule has 0 bridgehead atoms. The molecule has 0 spiro atoms. The van der Waals surface area contributed by atoms with Gasteiger partial charge in [0.2, 0.25) is 10.0 Å². The fourth-order valence-corrected chi connectivity index (χ4v) is 3.55. The average Bonchev–Trinajstić information content (AvgIpc) is 2.36. The first kappa shape index (κ1) is 16.2. The molecule has 1 atom stereocenters. The maximum atomic E-state index is 12.1. The van der Waals surface area contributed by atoms with Crippen molar-refractivity contribution >= 4 is 27.6 Å². The predicted octanol–water partition coefficient (Wildman–Crippen LogP) is 2.31. The number of carbonyl (C=O) groups excluding carboxylic acids is 1. The van der Waals surface area contributed by atoms with Gasteiger partial charge < -0.3 is 0 Å². The van der Waals surface area contributed by atoms with Crippen LogP contribution in [0.2, 0.25) is 0 Å². The number of benzene rings is 1. The van der Waals surface area contributed by atoms with E-state index in [4.69, 9.17) is 0 Å². The molecule has 0 amide bonds. The Hall–Kier alpha value is -0.850. The molecule has 4 nitrogen and oxygen atoms in total. The highest BCUT2D eigenvalue weighted by molar-refractivity contribution is 7.99. The Balaban J connectivity index is 2.79. The van der Waals surface area contributed by atoms with Gasteiger partial charge in [-0.2, -0.15) is 11.8 Å². The molecule has 0 aliphatic heterocycles. The van der Waals surface area contributed by atoms with Crippen LogP contribution in [0, 0.1) is 0 Å².